The number of carboxylic acids is 1. The van der Waals surface area contributed by atoms with E-state index in [2.05, 4.69) is 0 Å². The van der Waals surface area contributed by atoms with E-state index in [1.165, 1.54) is 19.3 Å². The predicted molar refractivity (Wildman–Crippen MR) is 70.7 cm³/mol. The average molecular weight is 268 g/mol. The Morgan fingerprint density at radius 2 is 1.58 bits per heavy atom. The summed E-state index contributed by atoms with van der Waals surface area (Å²) in [5.41, 5.74) is -1.26. The average Bonchev–Trinajstić information content (AvgIpc) is 2.46. The normalized spacial score (nSPS) is 23.8. The number of ether oxygens (including phenoxy) is 1. The molecule has 0 unspecified atom stereocenters. The molecular weight excluding hydrogens is 244 g/mol. The standard InChI is InChI=1S/C15H24O4/c16-13(17)15(9-5-2-6-10-15)14(18)19-11-12-7-3-1-4-8-12/h12H,1-11H2,(H,16,17). The van der Waals surface area contributed by atoms with E-state index >= 15 is 0 Å². The number of hydrogen-bond acceptors (Lipinski definition) is 3. The summed E-state index contributed by atoms with van der Waals surface area (Å²) in [5.74, 6) is -1.06. The minimum Gasteiger partial charge on any atom is -0.480 e. The molecule has 4 heteroatoms. The minimum atomic E-state index is -1.26. The van der Waals surface area contributed by atoms with Crippen LogP contribution in [0.1, 0.15) is 64.2 Å². The van der Waals surface area contributed by atoms with Crippen molar-refractivity contribution in [1.82, 2.24) is 0 Å². The Kier molecular flexibility index (Phi) is 4.83. The van der Waals surface area contributed by atoms with Gasteiger partial charge in [0.1, 0.15) is 0 Å². The first-order valence-corrected chi connectivity index (χ1v) is 7.56. The molecular formula is C15H24O4. The smallest absolute Gasteiger partial charge is 0.323 e. The van der Waals surface area contributed by atoms with Crippen LogP contribution in [-0.2, 0) is 14.3 Å². The number of hydrogen-bond donors (Lipinski definition) is 1. The van der Waals surface area contributed by atoms with Crippen molar-refractivity contribution in [3.05, 3.63) is 0 Å². The van der Waals surface area contributed by atoms with Gasteiger partial charge in [0, 0.05) is 0 Å². The van der Waals surface area contributed by atoms with Crippen LogP contribution in [0.25, 0.3) is 0 Å². The molecule has 4 nitrogen and oxygen atoms in total. The molecule has 0 saturated heterocycles. The number of aliphatic carboxylic acids is 1. The second kappa shape index (κ2) is 6.40. The molecule has 0 aromatic carbocycles. The molecule has 1 N–H and O–H groups in total. The maximum Gasteiger partial charge on any atom is 0.323 e. The van der Waals surface area contributed by atoms with Crippen LogP contribution < -0.4 is 0 Å². The molecule has 2 rings (SSSR count). The zero-order valence-electron chi connectivity index (χ0n) is 11.5. The summed E-state index contributed by atoms with van der Waals surface area (Å²) in [6, 6.07) is 0. The maximum absolute atomic E-state index is 12.2. The second-order valence-corrected chi connectivity index (χ2v) is 6.05. The van der Waals surface area contributed by atoms with Gasteiger partial charge in [-0.15, -0.1) is 0 Å². The minimum absolute atomic E-state index is 0.411. The number of rotatable bonds is 4. The van der Waals surface area contributed by atoms with E-state index < -0.39 is 17.4 Å². The highest BCUT2D eigenvalue weighted by Crippen LogP contribution is 2.38. The van der Waals surface area contributed by atoms with Gasteiger partial charge in [-0.2, -0.15) is 0 Å². The quantitative estimate of drug-likeness (QED) is 0.628. The molecule has 108 valence electrons. The van der Waals surface area contributed by atoms with E-state index in [1.54, 1.807) is 0 Å². The Balaban J connectivity index is 1.90. The summed E-state index contributed by atoms with van der Waals surface area (Å²) in [6.07, 6.45) is 9.39. The zero-order valence-corrected chi connectivity index (χ0v) is 11.5. The van der Waals surface area contributed by atoms with Gasteiger partial charge in [-0.3, -0.25) is 9.59 Å². The van der Waals surface area contributed by atoms with Gasteiger partial charge in [-0.05, 0) is 31.6 Å². The fraction of sp³-hybridized carbons (Fsp3) is 0.867. The first-order valence-electron chi connectivity index (χ1n) is 7.56. The van der Waals surface area contributed by atoms with Crippen molar-refractivity contribution in [2.75, 3.05) is 6.61 Å². The number of carboxylic acid groups (broad SMARTS) is 1. The Labute approximate surface area is 114 Å². The molecule has 2 aliphatic carbocycles. The third kappa shape index (κ3) is 3.28. The van der Waals surface area contributed by atoms with Crippen LogP contribution in [0.2, 0.25) is 0 Å². The number of carbonyl (C=O) groups is 2. The lowest BCUT2D eigenvalue weighted by Gasteiger charge is -2.31. The van der Waals surface area contributed by atoms with Crippen molar-refractivity contribution < 1.29 is 19.4 Å². The summed E-state index contributed by atoms with van der Waals surface area (Å²) in [6.45, 7) is 0.411. The van der Waals surface area contributed by atoms with Crippen LogP contribution in [0.3, 0.4) is 0 Å². The van der Waals surface area contributed by atoms with Crippen molar-refractivity contribution in [1.29, 1.82) is 0 Å². The Morgan fingerprint density at radius 1 is 1.00 bits per heavy atom. The molecule has 0 amide bonds. The van der Waals surface area contributed by atoms with Crippen molar-refractivity contribution in [3.8, 4) is 0 Å². The lowest BCUT2D eigenvalue weighted by atomic mass is 9.74. The molecule has 0 spiro atoms. The summed E-state index contributed by atoms with van der Waals surface area (Å²) in [7, 11) is 0. The lowest BCUT2D eigenvalue weighted by molar-refractivity contribution is -0.172. The largest absolute Gasteiger partial charge is 0.480 e. The van der Waals surface area contributed by atoms with Crippen LogP contribution >= 0.6 is 0 Å². The zero-order chi connectivity index (χ0) is 13.7. The van der Waals surface area contributed by atoms with E-state index in [1.807, 2.05) is 0 Å². The molecule has 19 heavy (non-hydrogen) atoms. The van der Waals surface area contributed by atoms with Gasteiger partial charge in [0.25, 0.3) is 0 Å². The first-order chi connectivity index (χ1) is 9.15. The van der Waals surface area contributed by atoms with Crippen LogP contribution in [-0.4, -0.2) is 23.7 Å². The molecule has 0 heterocycles. The van der Waals surface area contributed by atoms with E-state index in [-0.39, 0.29) is 0 Å². The molecule has 0 aliphatic heterocycles. The van der Waals surface area contributed by atoms with Gasteiger partial charge >= 0.3 is 11.9 Å². The highest BCUT2D eigenvalue weighted by atomic mass is 16.5. The summed E-state index contributed by atoms with van der Waals surface area (Å²) in [4.78, 5) is 23.7. The third-order valence-electron chi connectivity index (χ3n) is 4.68. The van der Waals surface area contributed by atoms with Crippen LogP contribution in [0, 0.1) is 11.3 Å². The number of esters is 1. The van der Waals surface area contributed by atoms with Crippen LogP contribution in [0.15, 0.2) is 0 Å². The van der Waals surface area contributed by atoms with Crippen molar-refractivity contribution in [2.45, 2.75) is 64.2 Å². The van der Waals surface area contributed by atoms with Crippen molar-refractivity contribution in [2.24, 2.45) is 11.3 Å². The molecule has 0 aromatic heterocycles. The number of carbonyl (C=O) groups excluding carboxylic acids is 1. The molecule has 0 atom stereocenters. The Hall–Kier alpha value is -1.06. The van der Waals surface area contributed by atoms with E-state index in [4.69, 9.17) is 4.74 Å². The van der Waals surface area contributed by atoms with E-state index in [9.17, 15) is 14.7 Å². The monoisotopic (exact) mass is 268 g/mol. The van der Waals surface area contributed by atoms with Crippen LogP contribution in [0.5, 0.6) is 0 Å². The predicted octanol–water partition coefficient (Wildman–Crippen LogP) is 3.15. The SMILES string of the molecule is O=C(O)C1(C(=O)OCC2CCCCC2)CCCCC1. The topological polar surface area (TPSA) is 63.6 Å². The highest BCUT2D eigenvalue weighted by Gasteiger charge is 2.48. The molecule has 2 fully saturated rings. The third-order valence-corrected chi connectivity index (χ3v) is 4.68. The lowest BCUT2D eigenvalue weighted by Crippen LogP contribution is -2.42. The molecule has 0 aromatic rings. The van der Waals surface area contributed by atoms with E-state index in [0.717, 1.165) is 32.1 Å². The van der Waals surface area contributed by atoms with Crippen molar-refractivity contribution in [3.63, 3.8) is 0 Å². The second-order valence-electron chi connectivity index (χ2n) is 6.05. The fourth-order valence-electron chi connectivity index (χ4n) is 3.35. The first kappa shape index (κ1) is 14.4. The molecule has 0 radical (unpaired) electrons. The van der Waals surface area contributed by atoms with Gasteiger partial charge in [0.2, 0.25) is 0 Å². The Bertz CT molecular complexity index is 325. The molecule has 2 saturated carbocycles. The highest BCUT2D eigenvalue weighted by molar-refractivity contribution is 5.99. The van der Waals surface area contributed by atoms with Gasteiger partial charge in [-0.1, -0.05) is 38.5 Å². The van der Waals surface area contributed by atoms with E-state index in [0.29, 0.717) is 25.4 Å². The summed E-state index contributed by atoms with van der Waals surface area (Å²) in [5, 5.41) is 9.40. The molecule has 0 bridgehead atoms. The Morgan fingerprint density at radius 3 is 2.16 bits per heavy atom. The van der Waals surface area contributed by atoms with Gasteiger partial charge in [0.05, 0.1) is 6.61 Å². The maximum atomic E-state index is 12.2. The van der Waals surface area contributed by atoms with Crippen molar-refractivity contribution >= 4 is 11.9 Å². The summed E-state index contributed by atoms with van der Waals surface area (Å²) < 4.78 is 5.37. The fourth-order valence-corrected chi connectivity index (χ4v) is 3.35. The molecule has 2 aliphatic rings. The van der Waals surface area contributed by atoms with Gasteiger partial charge in [-0.25, -0.2) is 0 Å². The van der Waals surface area contributed by atoms with Gasteiger partial charge in [0.15, 0.2) is 5.41 Å². The van der Waals surface area contributed by atoms with Crippen LogP contribution in [0.4, 0.5) is 0 Å². The van der Waals surface area contributed by atoms with Gasteiger partial charge < -0.3 is 9.84 Å². The summed E-state index contributed by atoms with van der Waals surface area (Å²) >= 11 is 0.